The minimum Gasteiger partial charge on any atom is -0.496 e. The standard InChI is InChI=1S/C29H38N4O3S/c1-18(2)22(15-20-9-6-5-7-10-20)26(30)36-27(31)23-16-21(12-13-25(23)35-4)29(34)33-14-8-11-24(33)28-32-19(3)17-37-28/h5-7,9-10,12-13,16,18,22,24,26,28,31H,8,11,14-15,17,30H2,1-4H3. The highest BCUT2D eigenvalue weighted by Crippen LogP contribution is 2.34. The molecule has 4 rings (SSSR count). The lowest BCUT2D eigenvalue weighted by atomic mass is 9.88. The van der Waals surface area contributed by atoms with Crippen molar-refractivity contribution in [3.63, 3.8) is 0 Å². The van der Waals surface area contributed by atoms with Crippen LogP contribution in [-0.2, 0) is 11.2 Å². The van der Waals surface area contributed by atoms with Gasteiger partial charge in [0.15, 0.2) is 6.23 Å². The van der Waals surface area contributed by atoms with E-state index in [1.807, 2.05) is 30.0 Å². The largest absolute Gasteiger partial charge is 0.496 e. The second kappa shape index (κ2) is 12.1. The minimum absolute atomic E-state index is 0.0110. The summed E-state index contributed by atoms with van der Waals surface area (Å²) in [4.78, 5) is 20.3. The van der Waals surface area contributed by atoms with Gasteiger partial charge < -0.3 is 14.4 Å². The van der Waals surface area contributed by atoms with E-state index < -0.39 is 6.23 Å². The number of rotatable bonds is 9. The van der Waals surface area contributed by atoms with Gasteiger partial charge >= 0.3 is 0 Å². The Morgan fingerprint density at radius 3 is 2.65 bits per heavy atom. The van der Waals surface area contributed by atoms with Gasteiger partial charge in [-0.3, -0.25) is 20.9 Å². The van der Waals surface area contributed by atoms with Crippen molar-refractivity contribution in [1.29, 1.82) is 5.41 Å². The molecule has 37 heavy (non-hydrogen) atoms. The zero-order valence-corrected chi connectivity index (χ0v) is 23.0. The molecule has 0 aromatic heterocycles. The molecule has 0 aliphatic carbocycles. The number of benzene rings is 2. The van der Waals surface area contributed by atoms with E-state index in [0.29, 0.717) is 23.4 Å². The first-order valence-electron chi connectivity index (χ1n) is 13.0. The van der Waals surface area contributed by atoms with Gasteiger partial charge in [-0.25, -0.2) is 0 Å². The van der Waals surface area contributed by atoms with Gasteiger partial charge in [-0.1, -0.05) is 44.2 Å². The second-order valence-corrected chi connectivity index (χ2v) is 11.3. The van der Waals surface area contributed by atoms with Crippen molar-refractivity contribution >= 4 is 29.3 Å². The number of hydrogen-bond donors (Lipinski definition) is 2. The first kappa shape index (κ1) is 27.2. The van der Waals surface area contributed by atoms with Crippen molar-refractivity contribution in [2.24, 2.45) is 22.6 Å². The number of methoxy groups -OCH3 is 1. The van der Waals surface area contributed by atoms with E-state index in [4.69, 9.17) is 25.6 Å². The van der Waals surface area contributed by atoms with Gasteiger partial charge in [0.2, 0.25) is 5.90 Å². The van der Waals surface area contributed by atoms with Crippen LogP contribution in [0.3, 0.4) is 0 Å². The fourth-order valence-corrected chi connectivity index (χ4v) is 6.37. The molecular weight excluding hydrogens is 484 g/mol. The Hall–Kier alpha value is -2.84. The molecule has 1 amide bonds. The average molecular weight is 523 g/mol. The Morgan fingerprint density at radius 1 is 1.24 bits per heavy atom. The highest BCUT2D eigenvalue weighted by atomic mass is 32.2. The molecule has 0 radical (unpaired) electrons. The predicted molar refractivity (Wildman–Crippen MR) is 151 cm³/mol. The number of ether oxygens (including phenoxy) is 2. The van der Waals surface area contributed by atoms with Crippen LogP contribution in [0, 0.1) is 17.2 Å². The van der Waals surface area contributed by atoms with Crippen molar-refractivity contribution in [2.45, 2.75) is 57.7 Å². The number of nitrogens with two attached hydrogens (primary N) is 1. The molecule has 2 aliphatic rings. The lowest BCUT2D eigenvalue weighted by Gasteiger charge is -2.29. The molecule has 4 unspecified atom stereocenters. The Labute approximate surface area is 224 Å². The highest BCUT2D eigenvalue weighted by Gasteiger charge is 2.37. The molecular formula is C29H38N4O3S. The Bertz CT molecular complexity index is 1140. The molecule has 3 N–H and O–H groups in total. The molecule has 7 nitrogen and oxygen atoms in total. The number of aliphatic imine (C=N–C) groups is 1. The Balaban J connectivity index is 1.51. The predicted octanol–water partition coefficient (Wildman–Crippen LogP) is 4.98. The van der Waals surface area contributed by atoms with E-state index >= 15 is 0 Å². The van der Waals surface area contributed by atoms with Gasteiger partial charge in [0.05, 0.1) is 18.7 Å². The van der Waals surface area contributed by atoms with Crippen LogP contribution in [0.2, 0.25) is 0 Å². The van der Waals surface area contributed by atoms with E-state index in [0.717, 1.165) is 30.7 Å². The van der Waals surface area contributed by atoms with E-state index in [9.17, 15) is 4.79 Å². The van der Waals surface area contributed by atoms with E-state index in [1.54, 1.807) is 37.1 Å². The summed E-state index contributed by atoms with van der Waals surface area (Å²) in [5, 5.41) is 8.83. The lowest BCUT2D eigenvalue weighted by molar-refractivity contribution is 0.0736. The topological polar surface area (TPSA) is 101 Å². The summed E-state index contributed by atoms with van der Waals surface area (Å²) in [6.45, 7) is 6.98. The van der Waals surface area contributed by atoms with Crippen LogP contribution in [-0.4, -0.2) is 59.5 Å². The maximum absolute atomic E-state index is 13.6. The zero-order chi connectivity index (χ0) is 26.5. The number of hydrogen-bond acceptors (Lipinski definition) is 7. The van der Waals surface area contributed by atoms with Crippen LogP contribution >= 0.6 is 11.8 Å². The number of amides is 1. The third-order valence-corrected chi connectivity index (χ3v) is 8.58. The molecule has 1 saturated heterocycles. The van der Waals surface area contributed by atoms with Crippen LogP contribution in [0.5, 0.6) is 5.75 Å². The van der Waals surface area contributed by atoms with Gasteiger partial charge in [0.25, 0.3) is 5.91 Å². The van der Waals surface area contributed by atoms with Crippen LogP contribution in [0.25, 0.3) is 0 Å². The molecule has 2 heterocycles. The Kier molecular flexibility index (Phi) is 8.92. The average Bonchev–Trinajstić information content (AvgIpc) is 3.55. The molecule has 198 valence electrons. The fourth-order valence-electron chi connectivity index (χ4n) is 5.12. The first-order valence-corrected chi connectivity index (χ1v) is 14.0. The van der Waals surface area contributed by atoms with Gasteiger partial charge in [-0.2, -0.15) is 0 Å². The van der Waals surface area contributed by atoms with Crippen molar-refractivity contribution in [3.8, 4) is 5.75 Å². The van der Waals surface area contributed by atoms with Crippen LogP contribution in [0.15, 0.2) is 53.5 Å². The van der Waals surface area contributed by atoms with Gasteiger partial charge in [-0.05, 0) is 55.9 Å². The summed E-state index contributed by atoms with van der Waals surface area (Å²) < 4.78 is 11.5. The van der Waals surface area contributed by atoms with Gasteiger partial charge in [0, 0.05) is 29.5 Å². The molecule has 0 bridgehead atoms. The summed E-state index contributed by atoms with van der Waals surface area (Å²) >= 11 is 1.80. The quantitative estimate of drug-likeness (QED) is 0.275. The molecule has 0 spiro atoms. The van der Waals surface area contributed by atoms with Crippen LogP contribution < -0.4 is 10.5 Å². The van der Waals surface area contributed by atoms with E-state index in [2.05, 4.69) is 26.0 Å². The monoisotopic (exact) mass is 522 g/mol. The SMILES string of the molecule is COc1ccc(C(=O)N2CCCC2C2N=C(C)CS2)cc1C(=N)OC(N)C(Cc1ccccc1)C(C)C. The maximum atomic E-state index is 13.6. The number of carbonyl (C=O) groups excluding carboxylic acids is 1. The first-order chi connectivity index (χ1) is 17.8. The summed E-state index contributed by atoms with van der Waals surface area (Å²) in [5.41, 5.74) is 9.75. The van der Waals surface area contributed by atoms with Gasteiger partial charge in [-0.15, -0.1) is 11.8 Å². The smallest absolute Gasteiger partial charge is 0.254 e. The van der Waals surface area contributed by atoms with Gasteiger partial charge in [0.1, 0.15) is 11.1 Å². The third kappa shape index (κ3) is 6.36. The van der Waals surface area contributed by atoms with Crippen molar-refractivity contribution in [1.82, 2.24) is 4.90 Å². The fraction of sp³-hybridized carbons (Fsp3) is 0.483. The summed E-state index contributed by atoms with van der Waals surface area (Å²) in [5.74, 6) is 1.52. The number of thioether (sulfide) groups is 1. The van der Waals surface area contributed by atoms with Crippen LogP contribution in [0.4, 0.5) is 0 Å². The number of nitrogens with zero attached hydrogens (tertiary/aromatic N) is 2. The molecule has 1 fully saturated rings. The molecule has 4 atom stereocenters. The lowest BCUT2D eigenvalue weighted by Crippen LogP contribution is -2.40. The molecule has 2 aromatic rings. The Morgan fingerprint density at radius 2 is 2.00 bits per heavy atom. The van der Waals surface area contributed by atoms with Crippen molar-refractivity contribution in [2.75, 3.05) is 19.4 Å². The van der Waals surface area contributed by atoms with E-state index in [1.165, 1.54) is 5.56 Å². The van der Waals surface area contributed by atoms with E-state index in [-0.39, 0.29) is 35.1 Å². The molecule has 0 saturated carbocycles. The van der Waals surface area contributed by atoms with Crippen molar-refractivity contribution in [3.05, 3.63) is 65.2 Å². The number of nitrogens with one attached hydrogen (secondary N) is 1. The maximum Gasteiger partial charge on any atom is 0.254 e. The molecule has 2 aliphatic heterocycles. The minimum atomic E-state index is -0.680. The number of carbonyl (C=O) groups is 1. The normalized spacial score (nSPS) is 21.0. The summed E-state index contributed by atoms with van der Waals surface area (Å²) in [7, 11) is 1.55. The number of likely N-dealkylation sites (tertiary alicyclic amines) is 1. The van der Waals surface area contributed by atoms with Crippen LogP contribution in [0.1, 0.15) is 55.1 Å². The zero-order valence-electron chi connectivity index (χ0n) is 22.1. The summed E-state index contributed by atoms with van der Waals surface area (Å²) in [6.07, 6.45) is 1.99. The highest BCUT2D eigenvalue weighted by molar-refractivity contribution is 8.01. The summed E-state index contributed by atoms with van der Waals surface area (Å²) in [6, 6.07) is 15.5. The third-order valence-electron chi connectivity index (χ3n) is 7.24. The molecule has 2 aromatic carbocycles. The second-order valence-electron chi connectivity index (χ2n) is 10.2. The van der Waals surface area contributed by atoms with Crippen molar-refractivity contribution < 1.29 is 14.3 Å². The molecule has 8 heteroatoms.